The highest BCUT2D eigenvalue weighted by Gasteiger charge is 2.07. The van der Waals surface area contributed by atoms with Crippen LogP contribution >= 0.6 is 0 Å². The first-order chi connectivity index (χ1) is 11.4. The summed E-state index contributed by atoms with van der Waals surface area (Å²) in [7, 11) is 3.32. The molecule has 0 aliphatic rings. The summed E-state index contributed by atoms with van der Waals surface area (Å²) < 4.78 is 18.2. The molecule has 1 N–H and O–H groups in total. The predicted octanol–water partition coefficient (Wildman–Crippen LogP) is 2.47. The molecule has 0 heterocycles. The number of likely N-dealkylation sites (N-methyl/N-ethyl adjacent to an activating group) is 1. The van der Waals surface area contributed by atoms with Gasteiger partial charge >= 0.3 is 0 Å². The Balaban J connectivity index is 1.85. The zero-order valence-corrected chi connectivity index (χ0v) is 13.6. The third-order valence-electron chi connectivity index (χ3n) is 3.28. The fourth-order valence-corrected chi connectivity index (χ4v) is 1.90. The smallest absolute Gasteiger partial charge is 0.259 e. The Labute approximate surface area is 140 Å². The van der Waals surface area contributed by atoms with Crippen LogP contribution in [0.4, 0.5) is 10.1 Å². The topological polar surface area (TPSA) is 58.6 Å². The van der Waals surface area contributed by atoms with E-state index in [0.717, 1.165) is 5.56 Å². The number of ether oxygens (including phenoxy) is 1. The summed E-state index contributed by atoms with van der Waals surface area (Å²) in [5.74, 6) is -0.117. The second-order valence-electron chi connectivity index (χ2n) is 5.45. The minimum Gasteiger partial charge on any atom is -0.484 e. The van der Waals surface area contributed by atoms with Crippen LogP contribution in [0.25, 0.3) is 0 Å². The molecule has 0 radical (unpaired) electrons. The van der Waals surface area contributed by atoms with Gasteiger partial charge in [-0.2, -0.15) is 0 Å². The van der Waals surface area contributed by atoms with Crippen molar-refractivity contribution in [3.8, 4) is 5.75 Å². The quantitative estimate of drug-likeness (QED) is 0.885. The Morgan fingerprint density at radius 2 is 1.67 bits per heavy atom. The van der Waals surface area contributed by atoms with Crippen LogP contribution in [0.15, 0.2) is 48.5 Å². The fraction of sp³-hybridized carbons (Fsp3) is 0.222. The summed E-state index contributed by atoms with van der Waals surface area (Å²) in [4.78, 5) is 24.8. The first-order valence-electron chi connectivity index (χ1n) is 7.41. The van der Waals surface area contributed by atoms with Gasteiger partial charge in [0.2, 0.25) is 5.91 Å². The number of anilines is 1. The number of rotatable bonds is 6. The standard InChI is InChI=1S/C18H19FN2O3/c1-21(2)18(23)12-24-16-9-7-15(8-10-16)20-17(22)11-13-3-5-14(19)6-4-13/h3-10H,11-12H2,1-2H3,(H,20,22). The van der Waals surface area contributed by atoms with Crippen LogP contribution in [0, 0.1) is 5.82 Å². The molecule has 0 aromatic heterocycles. The van der Waals surface area contributed by atoms with E-state index < -0.39 is 0 Å². The van der Waals surface area contributed by atoms with E-state index in [9.17, 15) is 14.0 Å². The lowest BCUT2D eigenvalue weighted by Gasteiger charge is -2.11. The molecule has 0 saturated heterocycles. The average molecular weight is 330 g/mol. The van der Waals surface area contributed by atoms with Crippen molar-refractivity contribution < 1.29 is 18.7 Å². The van der Waals surface area contributed by atoms with E-state index in [1.807, 2.05) is 0 Å². The monoisotopic (exact) mass is 330 g/mol. The van der Waals surface area contributed by atoms with Crippen LogP contribution in [0.5, 0.6) is 5.75 Å². The molecular formula is C18H19FN2O3. The summed E-state index contributed by atoms with van der Waals surface area (Å²) in [6.07, 6.45) is 0.163. The molecule has 0 bridgehead atoms. The average Bonchev–Trinajstić information content (AvgIpc) is 2.56. The maximum Gasteiger partial charge on any atom is 0.259 e. The molecule has 0 spiro atoms. The molecule has 2 amide bonds. The minimum atomic E-state index is -0.331. The van der Waals surface area contributed by atoms with Gasteiger partial charge in [0.15, 0.2) is 6.61 Å². The Morgan fingerprint density at radius 1 is 1.04 bits per heavy atom. The Hall–Kier alpha value is -2.89. The highest BCUT2D eigenvalue weighted by Crippen LogP contribution is 2.16. The molecule has 2 aromatic rings. The number of benzene rings is 2. The van der Waals surface area contributed by atoms with Crippen molar-refractivity contribution in [3.63, 3.8) is 0 Å². The zero-order valence-electron chi connectivity index (χ0n) is 13.6. The number of halogens is 1. The SMILES string of the molecule is CN(C)C(=O)COc1ccc(NC(=O)Cc2ccc(F)cc2)cc1. The van der Waals surface area contributed by atoms with E-state index in [0.29, 0.717) is 11.4 Å². The maximum absolute atomic E-state index is 12.8. The van der Waals surface area contributed by atoms with Gasteiger partial charge in [-0.15, -0.1) is 0 Å². The zero-order chi connectivity index (χ0) is 17.5. The predicted molar refractivity (Wildman–Crippen MR) is 89.4 cm³/mol. The van der Waals surface area contributed by atoms with Gasteiger partial charge in [-0.1, -0.05) is 12.1 Å². The molecule has 2 rings (SSSR count). The molecule has 0 unspecified atom stereocenters. The number of carbonyl (C=O) groups excluding carboxylic acids is 2. The van der Waals surface area contributed by atoms with E-state index in [4.69, 9.17) is 4.74 Å². The van der Waals surface area contributed by atoms with Crippen LogP contribution in [0.2, 0.25) is 0 Å². The summed E-state index contributed by atoms with van der Waals surface area (Å²) >= 11 is 0. The second kappa shape index (κ2) is 8.10. The largest absolute Gasteiger partial charge is 0.484 e. The fourth-order valence-electron chi connectivity index (χ4n) is 1.90. The molecule has 2 aromatic carbocycles. The maximum atomic E-state index is 12.8. The lowest BCUT2D eigenvalue weighted by Crippen LogP contribution is -2.27. The van der Waals surface area contributed by atoms with Crippen molar-refractivity contribution >= 4 is 17.5 Å². The third kappa shape index (κ3) is 5.39. The van der Waals surface area contributed by atoms with Crippen LogP contribution in [-0.4, -0.2) is 37.4 Å². The Morgan fingerprint density at radius 3 is 2.25 bits per heavy atom. The summed E-state index contributed by atoms with van der Waals surface area (Å²) in [5, 5.41) is 2.75. The lowest BCUT2D eigenvalue weighted by atomic mass is 10.1. The van der Waals surface area contributed by atoms with Crippen LogP contribution in [-0.2, 0) is 16.0 Å². The molecule has 24 heavy (non-hydrogen) atoms. The van der Waals surface area contributed by atoms with E-state index in [2.05, 4.69) is 5.32 Å². The molecule has 0 atom stereocenters. The van der Waals surface area contributed by atoms with Gasteiger partial charge in [0, 0.05) is 19.8 Å². The number of nitrogens with zero attached hydrogens (tertiary/aromatic N) is 1. The van der Waals surface area contributed by atoms with Gasteiger partial charge in [0.1, 0.15) is 11.6 Å². The van der Waals surface area contributed by atoms with Gasteiger partial charge < -0.3 is 15.0 Å². The summed E-state index contributed by atoms with van der Waals surface area (Å²) in [6, 6.07) is 12.5. The van der Waals surface area contributed by atoms with Crippen molar-refractivity contribution in [2.24, 2.45) is 0 Å². The van der Waals surface area contributed by atoms with Gasteiger partial charge in [-0.05, 0) is 42.0 Å². The van der Waals surface area contributed by atoms with E-state index >= 15 is 0 Å². The number of hydrogen-bond acceptors (Lipinski definition) is 3. The number of hydrogen-bond donors (Lipinski definition) is 1. The summed E-state index contributed by atoms with van der Waals surface area (Å²) in [6.45, 7) is -0.0384. The number of carbonyl (C=O) groups is 2. The molecule has 0 saturated carbocycles. The van der Waals surface area contributed by atoms with E-state index in [-0.39, 0.29) is 30.7 Å². The van der Waals surface area contributed by atoms with Crippen LogP contribution in [0.3, 0.4) is 0 Å². The number of amides is 2. The second-order valence-corrected chi connectivity index (χ2v) is 5.45. The molecule has 0 fully saturated rings. The summed E-state index contributed by atoms with van der Waals surface area (Å²) in [5.41, 5.74) is 1.35. The van der Waals surface area contributed by atoms with Gasteiger partial charge in [0.25, 0.3) is 5.91 Å². The van der Waals surface area contributed by atoms with Crippen LogP contribution < -0.4 is 10.1 Å². The minimum absolute atomic E-state index is 0.0384. The molecule has 0 aliphatic heterocycles. The molecule has 126 valence electrons. The van der Waals surface area contributed by atoms with Crippen molar-refractivity contribution in [1.29, 1.82) is 0 Å². The normalized spacial score (nSPS) is 10.1. The third-order valence-corrected chi connectivity index (χ3v) is 3.28. The molecule has 5 nitrogen and oxygen atoms in total. The van der Waals surface area contributed by atoms with Gasteiger partial charge in [-0.3, -0.25) is 9.59 Å². The lowest BCUT2D eigenvalue weighted by molar-refractivity contribution is -0.130. The van der Waals surface area contributed by atoms with E-state index in [1.54, 1.807) is 50.5 Å². The van der Waals surface area contributed by atoms with Crippen molar-refractivity contribution in [2.45, 2.75) is 6.42 Å². The van der Waals surface area contributed by atoms with Crippen molar-refractivity contribution in [2.75, 3.05) is 26.0 Å². The van der Waals surface area contributed by atoms with Crippen molar-refractivity contribution in [3.05, 3.63) is 59.9 Å². The molecule has 6 heteroatoms. The Bertz CT molecular complexity index is 697. The number of nitrogens with one attached hydrogen (secondary N) is 1. The molecular weight excluding hydrogens is 311 g/mol. The van der Waals surface area contributed by atoms with Crippen molar-refractivity contribution in [1.82, 2.24) is 4.90 Å². The molecule has 0 aliphatic carbocycles. The van der Waals surface area contributed by atoms with Gasteiger partial charge in [0.05, 0.1) is 6.42 Å². The first kappa shape index (κ1) is 17.5. The van der Waals surface area contributed by atoms with E-state index in [1.165, 1.54) is 17.0 Å². The Kier molecular flexibility index (Phi) is 5.89. The van der Waals surface area contributed by atoms with Crippen LogP contribution in [0.1, 0.15) is 5.56 Å². The van der Waals surface area contributed by atoms with Gasteiger partial charge in [-0.25, -0.2) is 4.39 Å². The first-order valence-corrected chi connectivity index (χ1v) is 7.41. The highest BCUT2D eigenvalue weighted by atomic mass is 19.1. The highest BCUT2D eigenvalue weighted by molar-refractivity contribution is 5.92.